The lowest BCUT2D eigenvalue weighted by Gasteiger charge is -2.31. The number of nitrogens with zero attached hydrogens (tertiary/aromatic N) is 3. The molecule has 2 rings (SSSR count). The molecule has 2 heterocycles. The largest absolute Gasteiger partial charge is 0.343 e. The molecule has 1 aliphatic rings. The van der Waals surface area contributed by atoms with Gasteiger partial charge in [-0.15, -0.1) is 0 Å². The molecule has 0 spiro atoms. The molecule has 0 radical (unpaired) electrons. The van der Waals surface area contributed by atoms with Gasteiger partial charge in [0.05, 0.1) is 6.54 Å². The number of rotatable bonds is 3. The number of amides is 2. The predicted molar refractivity (Wildman–Crippen MR) is 56.7 cm³/mol. The summed E-state index contributed by atoms with van der Waals surface area (Å²) in [4.78, 5) is 28.8. The number of aryl methyl sites for hydroxylation is 1. The van der Waals surface area contributed by atoms with Crippen LogP contribution in [0.1, 0.15) is 25.1 Å². The molecule has 92 valence electrons. The van der Waals surface area contributed by atoms with E-state index in [2.05, 4.69) is 15.5 Å². The van der Waals surface area contributed by atoms with Crippen molar-refractivity contribution in [2.75, 3.05) is 6.54 Å². The average molecular weight is 238 g/mol. The molecule has 1 aromatic rings. The van der Waals surface area contributed by atoms with E-state index in [0.29, 0.717) is 18.1 Å². The van der Waals surface area contributed by atoms with E-state index in [1.807, 2.05) is 6.92 Å². The van der Waals surface area contributed by atoms with Crippen LogP contribution in [0.3, 0.4) is 0 Å². The first-order chi connectivity index (χ1) is 8.10. The van der Waals surface area contributed by atoms with Gasteiger partial charge in [0.2, 0.25) is 17.7 Å². The summed E-state index contributed by atoms with van der Waals surface area (Å²) in [6.45, 7) is 3.78. The number of nitrogens with one attached hydrogen (secondary N) is 1. The minimum atomic E-state index is -0.441. The summed E-state index contributed by atoms with van der Waals surface area (Å²) >= 11 is 0. The van der Waals surface area contributed by atoms with E-state index in [1.165, 1.54) is 4.90 Å². The van der Waals surface area contributed by atoms with Crippen molar-refractivity contribution in [3.05, 3.63) is 11.7 Å². The van der Waals surface area contributed by atoms with E-state index in [-0.39, 0.29) is 24.9 Å². The van der Waals surface area contributed by atoms with Crippen molar-refractivity contribution in [3.8, 4) is 0 Å². The maximum Gasteiger partial charge on any atom is 0.246 e. The molecule has 0 aromatic carbocycles. The molecule has 17 heavy (non-hydrogen) atoms. The van der Waals surface area contributed by atoms with Crippen LogP contribution in [-0.2, 0) is 16.1 Å². The summed E-state index contributed by atoms with van der Waals surface area (Å²) in [6, 6.07) is -0.441. The Kier molecular flexibility index (Phi) is 3.08. The summed E-state index contributed by atoms with van der Waals surface area (Å²) < 4.78 is 4.82. The van der Waals surface area contributed by atoms with Gasteiger partial charge in [0, 0.05) is 6.92 Å². The van der Waals surface area contributed by atoms with Crippen molar-refractivity contribution in [2.24, 2.45) is 0 Å². The fourth-order valence-corrected chi connectivity index (χ4v) is 1.76. The van der Waals surface area contributed by atoms with Gasteiger partial charge in [-0.05, 0) is 6.42 Å². The first-order valence-corrected chi connectivity index (χ1v) is 5.47. The van der Waals surface area contributed by atoms with Crippen molar-refractivity contribution >= 4 is 11.8 Å². The highest BCUT2D eigenvalue weighted by molar-refractivity contribution is 5.94. The highest BCUT2D eigenvalue weighted by atomic mass is 16.5. The van der Waals surface area contributed by atoms with Gasteiger partial charge in [-0.1, -0.05) is 12.1 Å². The second-order valence-corrected chi connectivity index (χ2v) is 3.95. The van der Waals surface area contributed by atoms with Crippen LogP contribution in [0.4, 0.5) is 0 Å². The molecule has 0 saturated carbocycles. The Labute approximate surface area is 98.2 Å². The van der Waals surface area contributed by atoms with Gasteiger partial charge in [0.1, 0.15) is 12.6 Å². The van der Waals surface area contributed by atoms with E-state index in [4.69, 9.17) is 4.52 Å². The topological polar surface area (TPSA) is 88.3 Å². The molecule has 1 aromatic heterocycles. The smallest absolute Gasteiger partial charge is 0.246 e. The van der Waals surface area contributed by atoms with Gasteiger partial charge in [-0.3, -0.25) is 9.59 Å². The second-order valence-electron chi connectivity index (χ2n) is 3.95. The zero-order valence-corrected chi connectivity index (χ0v) is 9.77. The molecule has 7 heteroatoms. The maximum absolute atomic E-state index is 11.9. The van der Waals surface area contributed by atoms with Gasteiger partial charge in [-0.25, -0.2) is 0 Å². The molecule has 0 bridgehead atoms. The Balaban J connectivity index is 2.09. The fourth-order valence-electron chi connectivity index (χ4n) is 1.76. The summed E-state index contributed by atoms with van der Waals surface area (Å²) in [6.07, 6.45) is 0.576. The van der Waals surface area contributed by atoms with Gasteiger partial charge < -0.3 is 14.7 Å². The summed E-state index contributed by atoms with van der Waals surface area (Å²) in [7, 11) is 0. The zero-order valence-electron chi connectivity index (χ0n) is 9.77. The number of hydrogen-bond acceptors (Lipinski definition) is 5. The highest BCUT2D eigenvalue weighted by Crippen LogP contribution is 2.09. The summed E-state index contributed by atoms with van der Waals surface area (Å²) in [5.74, 6) is 0.604. The van der Waals surface area contributed by atoms with Gasteiger partial charge >= 0.3 is 0 Å². The molecule has 0 aliphatic carbocycles. The van der Waals surface area contributed by atoms with Gasteiger partial charge in [0.25, 0.3) is 0 Å². The molecule has 1 fully saturated rings. The standard InChI is InChI=1S/C10H14N4O3/c1-3-7-10(16)14(5-9(15)12-7)4-8-11-6(2)17-13-8/h7H,3-5H2,1-2H3,(H,12,15). The Morgan fingerprint density at radius 3 is 2.88 bits per heavy atom. The minimum Gasteiger partial charge on any atom is -0.343 e. The number of hydrogen-bond donors (Lipinski definition) is 1. The van der Waals surface area contributed by atoms with Crippen LogP contribution in [0.25, 0.3) is 0 Å². The maximum atomic E-state index is 11.9. The van der Waals surface area contributed by atoms with Crippen molar-refractivity contribution in [2.45, 2.75) is 32.9 Å². The van der Waals surface area contributed by atoms with Gasteiger partial charge in [0.15, 0.2) is 5.82 Å². The van der Waals surface area contributed by atoms with Crippen LogP contribution < -0.4 is 5.32 Å². The first kappa shape index (κ1) is 11.6. The lowest BCUT2D eigenvalue weighted by atomic mass is 10.1. The van der Waals surface area contributed by atoms with Crippen LogP contribution >= 0.6 is 0 Å². The third-order valence-corrected chi connectivity index (χ3v) is 2.59. The predicted octanol–water partition coefficient (Wildman–Crippen LogP) is -0.385. The van der Waals surface area contributed by atoms with E-state index in [1.54, 1.807) is 6.92 Å². The fraction of sp³-hybridized carbons (Fsp3) is 0.600. The molecule has 1 aliphatic heterocycles. The minimum absolute atomic E-state index is 0.0446. The van der Waals surface area contributed by atoms with Crippen LogP contribution in [0.2, 0.25) is 0 Å². The lowest BCUT2D eigenvalue weighted by Crippen LogP contribution is -2.57. The van der Waals surface area contributed by atoms with Gasteiger partial charge in [-0.2, -0.15) is 4.98 Å². The Morgan fingerprint density at radius 1 is 1.53 bits per heavy atom. The Hall–Kier alpha value is -1.92. The van der Waals surface area contributed by atoms with E-state index < -0.39 is 6.04 Å². The van der Waals surface area contributed by atoms with E-state index in [0.717, 1.165) is 0 Å². The molecule has 7 nitrogen and oxygen atoms in total. The average Bonchev–Trinajstić information content (AvgIpc) is 2.69. The van der Waals surface area contributed by atoms with Crippen molar-refractivity contribution in [1.82, 2.24) is 20.4 Å². The Bertz CT molecular complexity index is 443. The van der Waals surface area contributed by atoms with E-state index in [9.17, 15) is 9.59 Å². The third kappa shape index (κ3) is 2.43. The molecule has 2 amide bonds. The molecule has 1 N–H and O–H groups in total. The normalized spacial score (nSPS) is 20.6. The first-order valence-electron chi connectivity index (χ1n) is 5.47. The number of aromatic nitrogens is 2. The van der Waals surface area contributed by atoms with Crippen molar-refractivity contribution in [3.63, 3.8) is 0 Å². The number of piperazine rings is 1. The summed E-state index contributed by atoms with van der Waals surface area (Å²) in [5.41, 5.74) is 0. The third-order valence-electron chi connectivity index (χ3n) is 2.59. The molecular weight excluding hydrogens is 224 g/mol. The summed E-state index contributed by atoms with van der Waals surface area (Å²) in [5, 5.41) is 6.35. The number of carbonyl (C=O) groups excluding carboxylic acids is 2. The van der Waals surface area contributed by atoms with Crippen molar-refractivity contribution in [1.29, 1.82) is 0 Å². The Morgan fingerprint density at radius 2 is 2.29 bits per heavy atom. The van der Waals surface area contributed by atoms with Crippen LogP contribution in [0.15, 0.2) is 4.52 Å². The zero-order chi connectivity index (χ0) is 12.4. The molecular formula is C10H14N4O3. The van der Waals surface area contributed by atoms with Crippen LogP contribution in [0.5, 0.6) is 0 Å². The SMILES string of the molecule is CCC1NC(=O)CN(Cc2noc(C)n2)C1=O. The van der Waals surface area contributed by atoms with Crippen LogP contribution in [-0.4, -0.2) is 39.4 Å². The van der Waals surface area contributed by atoms with Crippen molar-refractivity contribution < 1.29 is 14.1 Å². The molecule has 1 atom stereocenters. The number of carbonyl (C=O) groups is 2. The molecule has 1 saturated heterocycles. The second kappa shape index (κ2) is 4.52. The van der Waals surface area contributed by atoms with E-state index >= 15 is 0 Å². The lowest BCUT2D eigenvalue weighted by molar-refractivity contribution is -0.145. The molecule has 1 unspecified atom stereocenters. The van der Waals surface area contributed by atoms with Crippen LogP contribution in [0, 0.1) is 6.92 Å². The monoisotopic (exact) mass is 238 g/mol. The highest BCUT2D eigenvalue weighted by Gasteiger charge is 2.31. The quantitative estimate of drug-likeness (QED) is 0.775.